The van der Waals surface area contributed by atoms with Gasteiger partial charge in [-0.2, -0.15) is 0 Å². The normalized spacial score (nSPS) is 28.0. The van der Waals surface area contributed by atoms with Crippen molar-refractivity contribution < 1.29 is 14.7 Å². The Kier molecular flexibility index (Phi) is 4.33. The smallest absolute Gasteiger partial charge is 0.326 e. The summed E-state index contributed by atoms with van der Waals surface area (Å²) in [5.74, 6) is -1.09. The minimum absolute atomic E-state index is 0.0615. The van der Waals surface area contributed by atoms with E-state index >= 15 is 0 Å². The lowest BCUT2D eigenvalue weighted by Crippen LogP contribution is -2.49. The molecule has 1 aromatic rings. The van der Waals surface area contributed by atoms with E-state index in [0.717, 1.165) is 12.0 Å². The Bertz CT molecular complexity index is 595. The van der Waals surface area contributed by atoms with E-state index in [2.05, 4.69) is 10.9 Å². The van der Waals surface area contributed by atoms with Gasteiger partial charge in [-0.3, -0.25) is 4.79 Å². The molecule has 0 saturated carbocycles. The number of aliphatic carboxylic acids is 1. The van der Waals surface area contributed by atoms with Gasteiger partial charge in [-0.05, 0) is 30.9 Å². The molecule has 2 aliphatic heterocycles. The number of benzene rings is 1. The first-order valence-corrected chi connectivity index (χ1v) is 7.74. The van der Waals surface area contributed by atoms with E-state index in [9.17, 15) is 14.7 Å². The zero-order valence-corrected chi connectivity index (χ0v) is 12.7. The van der Waals surface area contributed by atoms with Gasteiger partial charge in [-0.25, -0.2) is 15.6 Å². The topological polar surface area (TPSA) is 81.7 Å². The largest absolute Gasteiger partial charge is 0.480 e. The maximum atomic E-state index is 12.6. The summed E-state index contributed by atoms with van der Waals surface area (Å²) in [6.07, 6.45) is 1.80. The third-order valence-electron chi connectivity index (χ3n) is 4.30. The molecule has 2 unspecified atom stereocenters. The summed E-state index contributed by atoms with van der Waals surface area (Å²) in [5, 5.41) is 9.85. The van der Waals surface area contributed by atoms with Crippen LogP contribution in [0.2, 0.25) is 5.02 Å². The van der Waals surface area contributed by atoms with Crippen molar-refractivity contribution in [3.05, 3.63) is 34.9 Å². The van der Waals surface area contributed by atoms with E-state index < -0.39 is 18.1 Å². The van der Waals surface area contributed by atoms with E-state index in [0.29, 0.717) is 24.4 Å². The average Bonchev–Trinajstić information content (AvgIpc) is 3.16. The van der Waals surface area contributed by atoms with E-state index in [1.54, 1.807) is 0 Å². The fraction of sp³-hybridized carbons (Fsp3) is 0.467. The van der Waals surface area contributed by atoms with Gasteiger partial charge in [-0.1, -0.05) is 29.8 Å². The molecule has 0 aliphatic carbocycles. The minimum Gasteiger partial charge on any atom is -0.480 e. The van der Waals surface area contributed by atoms with Crippen molar-refractivity contribution in [2.45, 2.75) is 37.4 Å². The lowest BCUT2D eigenvalue weighted by atomic mass is 10.0. The molecule has 0 spiro atoms. The number of halogens is 1. The first-order valence-electron chi connectivity index (χ1n) is 7.36. The van der Waals surface area contributed by atoms with Crippen LogP contribution in [-0.2, 0) is 9.59 Å². The molecule has 1 aromatic carbocycles. The summed E-state index contributed by atoms with van der Waals surface area (Å²) in [5.41, 5.74) is 6.99. The number of carbonyl (C=O) groups is 2. The number of likely N-dealkylation sites (tertiary alicyclic amines) is 1. The van der Waals surface area contributed by atoms with Gasteiger partial charge in [-0.15, -0.1) is 0 Å². The van der Waals surface area contributed by atoms with Crippen LogP contribution in [0.3, 0.4) is 0 Å². The van der Waals surface area contributed by atoms with Crippen LogP contribution in [0, 0.1) is 0 Å². The second-order valence-electron chi connectivity index (χ2n) is 5.68. The quantitative estimate of drug-likeness (QED) is 0.781. The van der Waals surface area contributed by atoms with Gasteiger partial charge in [0.25, 0.3) is 0 Å². The number of carbonyl (C=O) groups excluding carboxylic acids is 1. The predicted octanol–water partition coefficient (Wildman–Crippen LogP) is 1.32. The molecular formula is C15H18ClN3O3. The number of carboxylic acid groups (broad SMARTS) is 1. The number of nitrogens with zero attached hydrogens (tertiary/aromatic N) is 1. The number of nitrogens with one attached hydrogen (secondary N) is 2. The lowest BCUT2D eigenvalue weighted by molar-refractivity contribution is -0.148. The molecule has 6 nitrogen and oxygen atoms in total. The fourth-order valence-electron chi connectivity index (χ4n) is 3.17. The average molecular weight is 324 g/mol. The Balaban J connectivity index is 1.69. The van der Waals surface area contributed by atoms with Gasteiger partial charge in [0.05, 0.1) is 0 Å². The third-order valence-corrected chi connectivity index (χ3v) is 4.65. The van der Waals surface area contributed by atoms with Gasteiger partial charge in [0.2, 0.25) is 5.91 Å². The molecule has 3 rings (SSSR count). The maximum absolute atomic E-state index is 12.6. The summed E-state index contributed by atoms with van der Waals surface area (Å²) in [6.45, 7) is 0.505. The number of hydrogen-bond acceptors (Lipinski definition) is 4. The first kappa shape index (κ1) is 15.3. The fourth-order valence-corrected chi connectivity index (χ4v) is 3.43. The van der Waals surface area contributed by atoms with Crippen molar-refractivity contribution in [2.75, 3.05) is 6.54 Å². The molecule has 2 fully saturated rings. The van der Waals surface area contributed by atoms with Crippen LogP contribution in [-0.4, -0.2) is 40.5 Å². The van der Waals surface area contributed by atoms with Crippen molar-refractivity contribution >= 4 is 23.5 Å². The van der Waals surface area contributed by atoms with Crippen LogP contribution in [0.25, 0.3) is 0 Å². The highest BCUT2D eigenvalue weighted by atomic mass is 35.5. The summed E-state index contributed by atoms with van der Waals surface area (Å²) in [6, 6.07) is 6.31. The molecule has 1 amide bonds. The predicted molar refractivity (Wildman–Crippen MR) is 81.2 cm³/mol. The van der Waals surface area contributed by atoms with Crippen molar-refractivity contribution in [3.63, 3.8) is 0 Å². The van der Waals surface area contributed by atoms with Crippen LogP contribution in [0.5, 0.6) is 0 Å². The number of rotatable bonds is 3. The molecule has 2 heterocycles. The molecular weight excluding hydrogens is 306 g/mol. The highest BCUT2D eigenvalue weighted by Crippen LogP contribution is 2.29. The summed E-state index contributed by atoms with van der Waals surface area (Å²) in [4.78, 5) is 25.2. The molecule has 0 aromatic heterocycles. The molecule has 2 saturated heterocycles. The Labute approximate surface area is 133 Å². The maximum Gasteiger partial charge on any atom is 0.326 e. The zero-order valence-electron chi connectivity index (χ0n) is 12.0. The highest BCUT2D eigenvalue weighted by molar-refractivity contribution is 6.31. The second kappa shape index (κ2) is 6.24. The molecule has 118 valence electrons. The summed E-state index contributed by atoms with van der Waals surface area (Å²) >= 11 is 6.18. The minimum atomic E-state index is -0.931. The van der Waals surface area contributed by atoms with Crippen molar-refractivity contribution in [2.24, 2.45) is 0 Å². The van der Waals surface area contributed by atoms with Crippen LogP contribution >= 0.6 is 11.6 Å². The molecule has 0 bridgehead atoms. The third kappa shape index (κ3) is 2.82. The Morgan fingerprint density at radius 1 is 1.27 bits per heavy atom. The van der Waals surface area contributed by atoms with Crippen LogP contribution in [0.4, 0.5) is 0 Å². The van der Waals surface area contributed by atoms with Gasteiger partial charge in [0, 0.05) is 17.6 Å². The standard InChI is InChI=1S/C15H18ClN3O3/c16-10-5-2-1-4-9(10)11-8-12(18-17-11)14(20)19-7-3-6-13(19)15(21)22/h1-2,4-5,11-13,17-18H,3,6-8H2,(H,21,22)/t11?,12?,13-/m0/s1. The summed E-state index contributed by atoms with van der Waals surface area (Å²) < 4.78 is 0. The number of hydrazine groups is 1. The van der Waals surface area contributed by atoms with E-state index in [1.165, 1.54) is 4.90 Å². The highest BCUT2D eigenvalue weighted by Gasteiger charge is 2.40. The molecule has 2 aliphatic rings. The molecule has 3 atom stereocenters. The number of amides is 1. The lowest BCUT2D eigenvalue weighted by Gasteiger charge is -2.24. The Morgan fingerprint density at radius 3 is 2.77 bits per heavy atom. The van der Waals surface area contributed by atoms with Crippen molar-refractivity contribution in [3.8, 4) is 0 Å². The molecule has 7 heteroatoms. The zero-order chi connectivity index (χ0) is 15.7. The van der Waals surface area contributed by atoms with Crippen molar-refractivity contribution in [1.29, 1.82) is 0 Å². The van der Waals surface area contributed by atoms with Gasteiger partial charge in [0.15, 0.2) is 0 Å². The van der Waals surface area contributed by atoms with Gasteiger partial charge in [0.1, 0.15) is 12.1 Å². The second-order valence-corrected chi connectivity index (χ2v) is 6.09. The monoisotopic (exact) mass is 323 g/mol. The SMILES string of the molecule is O=C(O)[C@@H]1CCCN1C(=O)C1CC(c2ccccc2Cl)NN1. The van der Waals surface area contributed by atoms with E-state index in [1.807, 2.05) is 24.3 Å². The molecule has 22 heavy (non-hydrogen) atoms. The number of hydrogen-bond donors (Lipinski definition) is 3. The van der Waals surface area contributed by atoms with Crippen LogP contribution in [0.1, 0.15) is 30.9 Å². The first-order chi connectivity index (χ1) is 10.6. The molecule has 0 radical (unpaired) electrons. The van der Waals surface area contributed by atoms with Crippen LogP contribution < -0.4 is 10.9 Å². The molecule has 3 N–H and O–H groups in total. The van der Waals surface area contributed by atoms with E-state index in [-0.39, 0.29) is 11.9 Å². The van der Waals surface area contributed by atoms with Gasteiger partial charge < -0.3 is 10.0 Å². The van der Waals surface area contributed by atoms with E-state index in [4.69, 9.17) is 11.6 Å². The Hall–Kier alpha value is -1.63. The number of carboxylic acids is 1. The van der Waals surface area contributed by atoms with Gasteiger partial charge >= 0.3 is 5.97 Å². The van der Waals surface area contributed by atoms with Crippen molar-refractivity contribution in [1.82, 2.24) is 15.8 Å². The summed E-state index contributed by atoms with van der Waals surface area (Å²) in [7, 11) is 0. The Morgan fingerprint density at radius 2 is 2.05 bits per heavy atom. The van der Waals surface area contributed by atoms with Crippen LogP contribution in [0.15, 0.2) is 24.3 Å².